The molecule has 0 saturated heterocycles. The van der Waals surface area contributed by atoms with Gasteiger partial charge in [-0.25, -0.2) is 4.68 Å². The summed E-state index contributed by atoms with van der Waals surface area (Å²) in [7, 11) is 3.89. The lowest BCUT2D eigenvalue weighted by atomic mass is 10.1. The number of para-hydroxylation sites is 1. The molecule has 0 unspecified atom stereocenters. The fraction of sp³-hybridized carbons (Fsp3) is 0.308. The van der Waals surface area contributed by atoms with Gasteiger partial charge in [0.15, 0.2) is 0 Å². The molecule has 4 nitrogen and oxygen atoms in total. The Balaban J connectivity index is 3.02. The lowest BCUT2D eigenvalue weighted by Crippen LogP contribution is -2.32. The molecule has 0 amide bonds. The van der Waals surface area contributed by atoms with Crippen LogP contribution in [0.2, 0.25) is 0 Å². The first-order chi connectivity index (χ1) is 8.07. The average molecular weight is 231 g/mol. The minimum absolute atomic E-state index is 0.116. The van der Waals surface area contributed by atoms with Gasteiger partial charge in [0, 0.05) is 25.0 Å². The second kappa shape index (κ2) is 4.13. The summed E-state index contributed by atoms with van der Waals surface area (Å²) in [5, 5.41) is 1.01. The molecule has 0 aliphatic carbocycles. The number of aromatic nitrogens is 1. The molecule has 0 bridgehead atoms. The highest BCUT2D eigenvalue weighted by molar-refractivity contribution is 5.93. The molecule has 90 valence electrons. The number of hydrogen-bond acceptors (Lipinski definition) is 3. The van der Waals surface area contributed by atoms with E-state index >= 15 is 0 Å². The van der Waals surface area contributed by atoms with Crippen LogP contribution >= 0.6 is 0 Å². The smallest absolute Gasteiger partial charge is 0.274 e. The fourth-order valence-corrected chi connectivity index (χ4v) is 2.23. The van der Waals surface area contributed by atoms with Crippen LogP contribution in [0.3, 0.4) is 0 Å². The van der Waals surface area contributed by atoms with Crippen molar-refractivity contribution in [3.8, 4) is 0 Å². The molecule has 0 fully saturated rings. The summed E-state index contributed by atoms with van der Waals surface area (Å²) in [5.41, 5.74) is 2.37. The highest BCUT2D eigenvalue weighted by Gasteiger charge is 2.15. The predicted octanol–water partition coefficient (Wildman–Crippen LogP) is 1.34. The third kappa shape index (κ3) is 1.65. The molecule has 0 aliphatic heterocycles. The first-order valence-electron chi connectivity index (χ1n) is 5.67. The summed E-state index contributed by atoms with van der Waals surface area (Å²) in [6.45, 7) is 1.97. The van der Waals surface area contributed by atoms with Crippen LogP contribution in [0.1, 0.15) is 12.5 Å². The van der Waals surface area contributed by atoms with Crippen molar-refractivity contribution in [2.24, 2.45) is 0 Å². The molecule has 17 heavy (non-hydrogen) atoms. The largest absolute Gasteiger partial charge is 0.377 e. The number of rotatable bonds is 2. The number of nitrogen functional groups attached to an aromatic ring is 1. The zero-order valence-corrected chi connectivity index (χ0v) is 10.4. The van der Waals surface area contributed by atoms with Gasteiger partial charge < -0.3 is 10.7 Å². The molecule has 0 radical (unpaired) electrons. The number of hydrogen-bond donors (Lipinski definition) is 1. The van der Waals surface area contributed by atoms with Crippen LogP contribution in [-0.2, 0) is 6.42 Å². The maximum atomic E-state index is 12.2. The first-order valence-corrected chi connectivity index (χ1v) is 5.67. The Morgan fingerprint density at radius 2 is 1.94 bits per heavy atom. The number of pyridine rings is 1. The van der Waals surface area contributed by atoms with Crippen LogP contribution in [0.25, 0.3) is 10.9 Å². The Morgan fingerprint density at radius 3 is 2.53 bits per heavy atom. The van der Waals surface area contributed by atoms with E-state index in [2.05, 4.69) is 0 Å². The monoisotopic (exact) mass is 231 g/mol. The van der Waals surface area contributed by atoms with Gasteiger partial charge in [-0.05, 0) is 12.5 Å². The molecule has 0 aliphatic rings. The molecule has 4 heteroatoms. The van der Waals surface area contributed by atoms with Crippen molar-refractivity contribution in [2.45, 2.75) is 13.3 Å². The van der Waals surface area contributed by atoms with Crippen LogP contribution in [0.5, 0.6) is 0 Å². The zero-order chi connectivity index (χ0) is 12.6. The lowest BCUT2D eigenvalue weighted by Gasteiger charge is -2.20. The standard InChI is InChI=1S/C13H17N3O/c1-4-9-12(15(2)3)10-7-5-6-8-11(10)16(14)13(9)17/h5-8H,4,14H2,1-3H3. The number of nitrogens with zero attached hydrogens (tertiary/aromatic N) is 2. The summed E-state index contributed by atoms with van der Waals surface area (Å²) in [5.74, 6) is 5.85. The molecule has 0 atom stereocenters. The zero-order valence-electron chi connectivity index (χ0n) is 10.4. The van der Waals surface area contributed by atoms with E-state index in [0.29, 0.717) is 6.42 Å². The fourth-order valence-electron chi connectivity index (χ4n) is 2.23. The maximum Gasteiger partial charge on any atom is 0.274 e. The number of anilines is 1. The molecule has 1 aromatic heterocycles. The SMILES string of the molecule is CCc1c(N(C)C)c2ccccc2n(N)c1=O. The maximum absolute atomic E-state index is 12.2. The van der Waals surface area contributed by atoms with E-state index in [1.807, 2.05) is 50.2 Å². The van der Waals surface area contributed by atoms with Gasteiger partial charge in [0.25, 0.3) is 5.56 Å². The first kappa shape index (κ1) is 11.5. The van der Waals surface area contributed by atoms with Crippen molar-refractivity contribution >= 4 is 16.6 Å². The Morgan fingerprint density at radius 1 is 1.29 bits per heavy atom. The van der Waals surface area contributed by atoms with Crippen molar-refractivity contribution in [1.82, 2.24) is 4.68 Å². The van der Waals surface area contributed by atoms with Gasteiger partial charge in [-0.2, -0.15) is 0 Å². The summed E-state index contributed by atoms with van der Waals surface area (Å²) < 4.78 is 1.24. The van der Waals surface area contributed by atoms with Crippen molar-refractivity contribution in [1.29, 1.82) is 0 Å². The third-order valence-corrected chi connectivity index (χ3v) is 2.98. The highest BCUT2D eigenvalue weighted by Crippen LogP contribution is 2.26. The Kier molecular flexibility index (Phi) is 2.79. The van der Waals surface area contributed by atoms with Crippen molar-refractivity contribution in [3.63, 3.8) is 0 Å². The molecular formula is C13H17N3O. The second-order valence-electron chi connectivity index (χ2n) is 4.27. The van der Waals surface area contributed by atoms with Gasteiger partial charge in [-0.1, -0.05) is 25.1 Å². The summed E-state index contributed by atoms with van der Waals surface area (Å²) in [6.07, 6.45) is 0.675. The Labute approximate surface area is 100 Å². The van der Waals surface area contributed by atoms with Gasteiger partial charge in [-0.3, -0.25) is 4.79 Å². The van der Waals surface area contributed by atoms with E-state index < -0.39 is 0 Å². The van der Waals surface area contributed by atoms with Crippen molar-refractivity contribution < 1.29 is 0 Å². The number of fused-ring (bicyclic) bond motifs is 1. The minimum Gasteiger partial charge on any atom is -0.377 e. The van der Waals surface area contributed by atoms with Crippen molar-refractivity contribution in [3.05, 3.63) is 40.2 Å². The predicted molar refractivity (Wildman–Crippen MR) is 72.1 cm³/mol. The molecule has 1 heterocycles. The van der Waals surface area contributed by atoms with Crippen LogP contribution in [0.15, 0.2) is 29.1 Å². The van der Waals surface area contributed by atoms with Crippen LogP contribution in [-0.4, -0.2) is 18.8 Å². The molecule has 0 spiro atoms. The Bertz CT molecular complexity index is 614. The normalized spacial score (nSPS) is 10.8. The van der Waals surface area contributed by atoms with E-state index in [9.17, 15) is 4.79 Å². The number of nitrogens with two attached hydrogens (primary N) is 1. The van der Waals surface area contributed by atoms with E-state index in [1.54, 1.807) is 0 Å². The number of benzene rings is 1. The molecular weight excluding hydrogens is 214 g/mol. The van der Waals surface area contributed by atoms with Gasteiger partial charge in [-0.15, -0.1) is 0 Å². The van der Waals surface area contributed by atoms with Crippen molar-refractivity contribution in [2.75, 3.05) is 24.8 Å². The molecule has 1 aromatic carbocycles. The van der Waals surface area contributed by atoms with Crippen LogP contribution < -0.4 is 16.3 Å². The van der Waals surface area contributed by atoms with Gasteiger partial charge in [0.2, 0.25) is 0 Å². The van der Waals surface area contributed by atoms with Gasteiger partial charge in [0.05, 0.1) is 11.2 Å². The minimum atomic E-state index is -0.116. The van der Waals surface area contributed by atoms with Crippen LogP contribution in [0.4, 0.5) is 5.69 Å². The van der Waals surface area contributed by atoms with E-state index in [-0.39, 0.29) is 5.56 Å². The summed E-state index contributed by atoms with van der Waals surface area (Å²) >= 11 is 0. The lowest BCUT2D eigenvalue weighted by molar-refractivity contribution is 0.929. The molecule has 2 rings (SSSR count). The highest BCUT2D eigenvalue weighted by atomic mass is 16.1. The average Bonchev–Trinajstić information content (AvgIpc) is 2.33. The Hall–Kier alpha value is -1.97. The molecule has 2 N–H and O–H groups in total. The second-order valence-corrected chi connectivity index (χ2v) is 4.27. The van der Waals surface area contributed by atoms with E-state index in [4.69, 9.17) is 5.84 Å². The topological polar surface area (TPSA) is 51.3 Å². The quantitative estimate of drug-likeness (QED) is 0.794. The van der Waals surface area contributed by atoms with Gasteiger partial charge >= 0.3 is 0 Å². The molecule has 0 saturated carbocycles. The third-order valence-electron chi connectivity index (χ3n) is 2.98. The van der Waals surface area contributed by atoms with Crippen LogP contribution in [0, 0.1) is 0 Å². The van der Waals surface area contributed by atoms with E-state index in [1.165, 1.54) is 4.68 Å². The van der Waals surface area contributed by atoms with Gasteiger partial charge in [0.1, 0.15) is 0 Å². The summed E-state index contributed by atoms with van der Waals surface area (Å²) in [4.78, 5) is 14.1. The van der Waals surface area contributed by atoms with E-state index in [0.717, 1.165) is 22.2 Å². The summed E-state index contributed by atoms with van der Waals surface area (Å²) in [6, 6.07) is 7.70. The molecule has 2 aromatic rings.